The van der Waals surface area contributed by atoms with Gasteiger partial charge in [0.05, 0.1) is 0 Å². The second-order valence-electron chi connectivity index (χ2n) is 7.12. The summed E-state index contributed by atoms with van der Waals surface area (Å²) < 4.78 is 0. The molecule has 0 aromatic heterocycles. The number of rotatable bonds is 0. The lowest BCUT2D eigenvalue weighted by Crippen LogP contribution is -1.70. The van der Waals surface area contributed by atoms with E-state index in [1.807, 2.05) is 179 Å². The van der Waals surface area contributed by atoms with Crippen molar-refractivity contribution in [1.82, 2.24) is 0 Å². The Morgan fingerprint density at radius 2 is 0.277 bits per heavy atom. The van der Waals surface area contributed by atoms with Crippen LogP contribution < -0.4 is 0 Å². The van der Waals surface area contributed by atoms with Gasteiger partial charge in [0.1, 0.15) is 0 Å². The van der Waals surface area contributed by atoms with Crippen molar-refractivity contribution in [3.05, 3.63) is 143 Å². The number of benzene rings is 4. The third-order valence-corrected chi connectivity index (χ3v) is 4.04. The van der Waals surface area contributed by atoms with Gasteiger partial charge in [-0.15, -0.1) is 0 Å². The van der Waals surface area contributed by atoms with E-state index in [4.69, 9.17) is 0 Å². The second kappa shape index (κ2) is 78.9. The summed E-state index contributed by atoms with van der Waals surface area (Å²) >= 11 is 0. The molecule has 4 rings (SSSR count). The van der Waals surface area contributed by atoms with E-state index in [-0.39, 0.29) is 0 Å². The van der Waals surface area contributed by atoms with Gasteiger partial charge in [-0.05, 0) is 34.6 Å². The van der Waals surface area contributed by atoms with Gasteiger partial charge in [0.15, 0.2) is 0 Å². The lowest BCUT2D eigenvalue weighted by Gasteiger charge is -1.90. The Balaban J connectivity index is -0.0000000505. The minimum Gasteiger partial charge on any atom is -0.0683 e. The van der Waals surface area contributed by atoms with E-state index in [1.54, 1.807) is 0 Å². The van der Waals surface area contributed by atoms with Crippen LogP contribution in [-0.4, -0.2) is 0 Å². The molecule has 276 valence electrons. The molecule has 0 spiro atoms. The van der Waals surface area contributed by atoms with Crippen molar-refractivity contribution in [2.45, 2.75) is 159 Å². The molecule has 0 amide bonds. The largest absolute Gasteiger partial charge is 0.0683 e. The molecule has 0 nitrogen and oxygen atoms in total. The first kappa shape index (κ1) is 66.3. The molecule has 0 aliphatic carbocycles. The number of hydrogen-bond acceptors (Lipinski definition) is 0. The minimum absolute atomic E-state index is 1.32. The fourth-order valence-electron chi connectivity index (χ4n) is 2.24. The lowest BCUT2D eigenvalue weighted by atomic mass is 10.2. The fraction of sp³-hybridized carbons (Fsp3) is 0.489. The van der Waals surface area contributed by atoms with E-state index >= 15 is 0 Å². The monoisotopic (exact) mass is 653 g/mol. The molecule has 0 heteroatoms. The summed E-state index contributed by atoms with van der Waals surface area (Å²) in [6.07, 6.45) is 0. The number of aryl methyl sites for hydroxylation is 5. The highest BCUT2D eigenvalue weighted by molar-refractivity contribution is 5.19. The summed E-state index contributed by atoms with van der Waals surface area (Å²) in [5, 5.41) is 0. The Labute approximate surface area is 301 Å². The molecule has 0 fully saturated rings. The molecule has 0 aliphatic rings. The smallest absolute Gasteiger partial charge is 0.0398 e. The zero-order chi connectivity index (χ0) is 39.3. The summed E-state index contributed by atoms with van der Waals surface area (Å²) in [6, 6.07) is 39.3. The summed E-state index contributed by atoms with van der Waals surface area (Å²) in [5.41, 5.74) is 6.62. The van der Waals surface area contributed by atoms with Gasteiger partial charge in [0.2, 0.25) is 0 Å². The Morgan fingerprint density at radius 1 is 0.170 bits per heavy atom. The summed E-state index contributed by atoms with van der Waals surface area (Å²) in [7, 11) is 0. The van der Waals surface area contributed by atoms with Crippen molar-refractivity contribution < 1.29 is 0 Å². The molecule has 0 saturated carbocycles. The first-order valence-electron chi connectivity index (χ1n) is 19.1. The average molecular weight is 653 g/mol. The predicted molar refractivity (Wildman–Crippen MR) is 232 cm³/mol. The lowest BCUT2D eigenvalue weighted by molar-refractivity contribution is 1.40. The van der Waals surface area contributed by atoms with Gasteiger partial charge in [-0.2, -0.15) is 0 Å². The van der Waals surface area contributed by atoms with Crippen LogP contribution in [0.2, 0.25) is 0 Å². The summed E-state index contributed by atoms with van der Waals surface area (Å²) in [4.78, 5) is 0. The van der Waals surface area contributed by atoms with E-state index < -0.39 is 0 Å². The normalized spacial score (nSPS) is 6.62. The summed E-state index contributed by atoms with van der Waals surface area (Å²) in [5.74, 6) is 0. The molecule has 0 unspecified atom stereocenters. The van der Waals surface area contributed by atoms with Crippen molar-refractivity contribution in [2.24, 2.45) is 0 Å². The molecule has 47 heavy (non-hydrogen) atoms. The molecule has 0 aliphatic heterocycles. The Bertz CT molecular complexity index is 751. The summed E-state index contributed by atoms with van der Waals surface area (Å²) in [6.45, 7) is 46.4. The van der Waals surface area contributed by atoms with Gasteiger partial charge in [0.25, 0.3) is 0 Å². The van der Waals surface area contributed by atoms with E-state index in [9.17, 15) is 0 Å². The van der Waals surface area contributed by atoms with Crippen LogP contribution in [-0.2, 0) is 0 Å². The molecule has 0 heterocycles. The van der Waals surface area contributed by atoms with Gasteiger partial charge >= 0.3 is 0 Å². The van der Waals surface area contributed by atoms with Crippen molar-refractivity contribution >= 4 is 0 Å². The van der Waals surface area contributed by atoms with Crippen LogP contribution in [0.4, 0.5) is 0 Å². The highest BCUT2D eigenvalue weighted by Gasteiger charge is 1.80. The maximum Gasteiger partial charge on any atom is -0.0398 e. The van der Waals surface area contributed by atoms with Crippen LogP contribution in [0.15, 0.2) is 115 Å². The van der Waals surface area contributed by atoms with Crippen LogP contribution >= 0.6 is 0 Å². The molecule has 4 aromatic carbocycles. The zero-order valence-corrected chi connectivity index (χ0v) is 36.5. The Hall–Kier alpha value is -3.12. The molecule has 0 N–H and O–H groups in total. The van der Waals surface area contributed by atoms with Crippen LogP contribution in [0.3, 0.4) is 0 Å². The van der Waals surface area contributed by atoms with Crippen LogP contribution in [0.25, 0.3) is 0 Å². The third-order valence-electron chi connectivity index (χ3n) is 4.04. The molecule has 0 atom stereocenters. The van der Waals surface area contributed by atoms with Crippen LogP contribution in [0.1, 0.15) is 152 Å². The highest BCUT2D eigenvalue weighted by atomic mass is 13.9. The topological polar surface area (TPSA) is 0 Å². The predicted octanol–water partition coefficient (Wildman–Crippen LogP) is 17.5. The van der Waals surface area contributed by atoms with E-state index in [0.717, 1.165) is 0 Å². The highest BCUT2D eigenvalue weighted by Crippen LogP contribution is 1.99. The van der Waals surface area contributed by atoms with Crippen molar-refractivity contribution in [1.29, 1.82) is 0 Å². The maximum absolute atomic E-state index is 2.12. The van der Waals surface area contributed by atoms with Gasteiger partial charge in [-0.3, -0.25) is 0 Å². The van der Waals surface area contributed by atoms with Crippen molar-refractivity contribution in [3.63, 3.8) is 0 Å². The first-order valence-corrected chi connectivity index (χ1v) is 19.1. The maximum atomic E-state index is 2.12. The average Bonchev–Trinajstić information content (AvgIpc) is 3.19. The third kappa shape index (κ3) is 75.1. The Kier molecular flexibility index (Phi) is 111. The molecular weight excluding hydrogens is 565 g/mol. The van der Waals surface area contributed by atoms with Crippen LogP contribution in [0, 0.1) is 34.6 Å². The molecule has 0 bridgehead atoms. The fourth-order valence-corrected chi connectivity index (χ4v) is 2.24. The van der Waals surface area contributed by atoms with E-state index in [0.29, 0.717) is 0 Å². The van der Waals surface area contributed by atoms with Gasteiger partial charge in [0, 0.05) is 0 Å². The zero-order valence-electron chi connectivity index (χ0n) is 36.5. The second-order valence-corrected chi connectivity index (χ2v) is 7.12. The van der Waals surface area contributed by atoms with Gasteiger partial charge in [-0.25, -0.2) is 0 Å². The number of hydrogen-bond donors (Lipinski definition) is 0. The SMILES string of the molecule is CC.CC.CC.CC.CC.CC.CC.CC.CC.Cc1ccc(C)cc1.Cc1ccccc1.Cc1ccccc1.Cc1ccccc1. The molecular formula is C47H88. The Morgan fingerprint density at radius 3 is 0.362 bits per heavy atom. The standard InChI is InChI=1S/C8H10.3C7H8.9C2H6/c1-7-3-5-8(2)6-4-7;3*1-7-5-3-2-4-6-7;9*1-2/h3-6H,1-2H3;3*2-6H,1H3;9*1-2H3. The molecule has 0 radical (unpaired) electrons. The molecule has 4 aromatic rings. The minimum atomic E-state index is 1.32. The van der Waals surface area contributed by atoms with Gasteiger partial charge in [-0.1, -0.05) is 268 Å². The van der Waals surface area contributed by atoms with Crippen molar-refractivity contribution in [3.8, 4) is 0 Å². The van der Waals surface area contributed by atoms with Crippen molar-refractivity contribution in [2.75, 3.05) is 0 Å². The van der Waals surface area contributed by atoms with E-state index in [1.165, 1.54) is 27.8 Å². The molecule has 0 saturated heterocycles. The van der Waals surface area contributed by atoms with Gasteiger partial charge < -0.3 is 0 Å². The van der Waals surface area contributed by atoms with Crippen LogP contribution in [0.5, 0.6) is 0 Å². The quantitative estimate of drug-likeness (QED) is 0.177. The van der Waals surface area contributed by atoms with E-state index in [2.05, 4.69) is 95.3 Å². The first-order chi connectivity index (χ1) is 23.0.